The van der Waals surface area contributed by atoms with Gasteiger partial charge < -0.3 is 5.73 Å². The number of guanidine groups is 1. The van der Waals surface area contributed by atoms with Crippen LogP contribution in [-0.4, -0.2) is 24.7 Å². The maximum absolute atomic E-state index is 7.16. The van der Waals surface area contributed by atoms with E-state index in [1.54, 1.807) is 0 Å². The fraction of sp³-hybridized carbons (Fsp3) is 0.889. The summed E-state index contributed by atoms with van der Waals surface area (Å²) in [6.45, 7) is 7.26. The normalized spacial score (nSPS) is 11.4. The Kier molecular flexibility index (Phi) is 4.77. The molecule has 0 aliphatic carbocycles. The lowest BCUT2D eigenvalue weighted by Gasteiger charge is -2.22. The summed E-state index contributed by atoms with van der Waals surface area (Å²) in [4.78, 5) is 4.91. The fourth-order valence-corrected chi connectivity index (χ4v) is 1.06. The molecule has 0 spiro atoms. The standard InChI is InChI=1S/C9H21N3O/c1-9(2,3)6-5-7-12(13-4)8(10)11/h5-7H2,1-4H3,(H3,10,11). The van der Waals surface area contributed by atoms with Crippen molar-refractivity contribution in [3.05, 3.63) is 0 Å². The number of hydroxylamine groups is 2. The van der Waals surface area contributed by atoms with Gasteiger partial charge in [-0.3, -0.25) is 10.2 Å². The summed E-state index contributed by atoms with van der Waals surface area (Å²) < 4.78 is 0. The largest absolute Gasteiger partial charge is 0.368 e. The summed E-state index contributed by atoms with van der Waals surface area (Å²) >= 11 is 0. The molecule has 13 heavy (non-hydrogen) atoms. The second-order valence-corrected chi connectivity index (χ2v) is 4.33. The molecule has 0 atom stereocenters. The Morgan fingerprint density at radius 3 is 2.31 bits per heavy atom. The lowest BCUT2D eigenvalue weighted by atomic mass is 9.91. The average molecular weight is 187 g/mol. The molecule has 0 bridgehead atoms. The molecule has 0 unspecified atom stereocenters. The Balaban J connectivity index is 3.68. The SMILES string of the molecule is CON(CCCC(C)(C)C)C(=N)N. The van der Waals surface area contributed by atoms with Gasteiger partial charge in [-0.15, -0.1) is 0 Å². The van der Waals surface area contributed by atoms with Gasteiger partial charge in [0.05, 0.1) is 7.11 Å². The van der Waals surface area contributed by atoms with Gasteiger partial charge in [-0.2, -0.15) is 0 Å². The molecular formula is C9H21N3O. The van der Waals surface area contributed by atoms with Crippen LogP contribution in [-0.2, 0) is 4.84 Å². The van der Waals surface area contributed by atoms with Gasteiger partial charge in [0, 0.05) is 6.54 Å². The molecule has 0 amide bonds. The predicted octanol–water partition coefficient (Wildman–Crippen LogP) is 1.57. The maximum Gasteiger partial charge on any atom is 0.212 e. The smallest absolute Gasteiger partial charge is 0.212 e. The second-order valence-electron chi connectivity index (χ2n) is 4.33. The van der Waals surface area contributed by atoms with Crippen LogP contribution in [0, 0.1) is 10.8 Å². The van der Waals surface area contributed by atoms with Crippen LogP contribution < -0.4 is 5.73 Å². The first kappa shape index (κ1) is 12.2. The van der Waals surface area contributed by atoms with Crippen LogP contribution >= 0.6 is 0 Å². The number of nitrogens with one attached hydrogen (secondary N) is 1. The molecule has 0 saturated heterocycles. The molecule has 4 heteroatoms. The first-order valence-electron chi connectivity index (χ1n) is 4.52. The summed E-state index contributed by atoms with van der Waals surface area (Å²) in [5, 5.41) is 8.56. The molecule has 0 aromatic carbocycles. The number of rotatable bonds is 4. The predicted molar refractivity (Wildman–Crippen MR) is 54.3 cm³/mol. The molecule has 78 valence electrons. The molecule has 0 saturated carbocycles. The molecular weight excluding hydrogens is 166 g/mol. The number of nitrogens with zero attached hydrogens (tertiary/aromatic N) is 1. The molecule has 3 N–H and O–H groups in total. The summed E-state index contributed by atoms with van der Waals surface area (Å²) in [6.07, 6.45) is 2.08. The van der Waals surface area contributed by atoms with Crippen LogP contribution in [0.15, 0.2) is 0 Å². The summed E-state index contributed by atoms with van der Waals surface area (Å²) in [7, 11) is 1.53. The van der Waals surface area contributed by atoms with Gasteiger partial charge in [0.15, 0.2) is 0 Å². The molecule has 0 rings (SSSR count). The third-order valence-corrected chi connectivity index (χ3v) is 1.78. The van der Waals surface area contributed by atoms with Gasteiger partial charge in [-0.05, 0) is 18.3 Å². The van der Waals surface area contributed by atoms with Crippen molar-refractivity contribution < 1.29 is 4.84 Å². The van der Waals surface area contributed by atoms with E-state index in [0.717, 1.165) is 12.8 Å². The zero-order valence-corrected chi connectivity index (χ0v) is 9.05. The van der Waals surface area contributed by atoms with Crippen LogP contribution in [0.5, 0.6) is 0 Å². The van der Waals surface area contributed by atoms with Crippen molar-refractivity contribution in [2.24, 2.45) is 11.1 Å². The summed E-state index contributed by atoms with van der Waals surface area (Å²) in [5.74, 6) is -0.0311. The van der Waals surface area contributed by atoms with Gasteiger partial charge in [0.25, 0.3) is 0 Å². The van der Waals surface area contributed by atoms with Crippen LogP contribution in [0.25, 0.3) is 0 Å². The summed E-state index contributed by atoms with van der Waals surface area (Å²) in [5.41, 5.74) is 5.61. The Morgan fingerprint density at radius 2 is 2.00 bits per heavy atom. The zero-order valence-electron chi connectivity index (χ0n) is 9.05. The van der Waals surface area contributed by atoms with E-state index in [1.165, 1.54) is 12.2 Å². The summed E-state index contributed by atoms with van der Waals surface area (Å²) in [6, 6.07) is 0. The van der Waals surface area contributed by atoms with Crippen molar-refractivity contribution in [1.82, 2.24) is 5.06 Å². The van der Waals surface area contributed by atoms with E-state index in [9.17, 15) is 0 Å². The van der Waals surface area contributed by atoms with Crippen molar-refractivity contribution in [2.45, 2.75) is 33.6 Å². The third kappa shape index (κ3) is 6.40. The highest BCUT2D eigenvalue weighted by Gasteiger charge is 2.11. The number of nitrogens with two attached hydrogens (primary N) is 1. The van der Waals surface area contributed by atoms with Gasteiger partial charge in [0.1, 0.15) is 0 Å². The minimum absolute atomic E-state index is 0.0311. The Hall–Kier alpha value is -0.770. The molecule has 0 aliphatic heterocycles. The molecule has 4 nitrogen and oxygen atoms in total. The second kappa shape index (κ2) is 5.07. The van der Waals surface area contributed by atoms with E-state index >= 15 is 0 Å². The molecule has 0 aromatic rings. The monoisotopic (exact) mass is 187 g/mol. The zero-order chi connectivity index (χ0) is 10.5. The topological polar surface area (TPSA) is 62.3 Å². The van der Waals surface area contributed by atoms with E-state index in [2.05, 4.69) is 20.8 Å². The Bertz CT molecular complexity index is 163. The minimum atomic E-state index is -0.0311. The first-order chi connectivity index (χ1) is 5.87. The van der Waals surface area contributed by atoms with E-state index in [1.807, 2.05) is 0 Å². The van der Waals surface area contributed by atoms with Crippen molar-refractivity contribution in [3.63, 3.8) is 0 Å². The maximum atomic E-state index is 7.16. The van der Waals surface area contributed by atoms with Crippen molar-refractivity contribution in [2.75, 3.05) is 13.7 Å². The molecule has 0 radical (unpaired) electrons. The van der Waals surface area contributed by atoms with E-state index in [4.69, 9.17) is 16.0 Å². The quantitative estimate of drug-likeness (QED) is 0.399. The van der Waals surface area contributed by atoms with Gasteiger partial charge in [0.2, 0.25) is 5.96 Å². The molecule has 0 heterocycles. The van der Waals surface area contributed by atoms with Crippen LogP contribution in [0.1, 0.15) is 33.6 Å². The van der Waals surface area contributed by atoms with Crippen LogP contribution in [0.3, 0.4) is 0 Å². The highest BCUT2D eigenvalue weighted by atomic mass is 16.7. The van der Waals surface area contributed by atoms with Crippen molar-refractivity contribution in [1.29, 1.82) is 5.41 Å². The molecule has 0 aromatic heterocycles. The van der Waals surface area contributed by atoms with Crippen molar-refractivity contribution in [3.8, 4) is 0 Å². The lowest BCUT2D eigenvalue weighted by Crippen LogP contribution is -2.36. The first-order valence-corrected chi connectivity index (χ1v) is 4.52. The van der Waals surface area contributed by atoms with Gasteiger partial charge >= 0.3 is 0 Å². The minimum Gasteiger partial charge on any atom is -0.368 e. The van der Waals surface area contributed by atoms with Gasteiger partial charge in [-0.1, -0.05) is 20.8 Å². The third-order valence-electron chi connectivity index (χ3n) is 1.78. The average Bonchev–Trinajstić information content (AvgIpc) is 1.95. The Labute approximate surface area is 80.5 Å². The highest BCUT2D eigenvalue weighted by Crippen LogP contribution is 2.20. The number of hydrogen-bond donors (Lipinski definition) is 2. The van der Waals surface area contributed by atoms with E-state index in [0.29, 0.717) is 12.0 Å². The number of hydrogen-bond acceptors (Lipinski definition) is 2. The van der Waals surface area contributed by atoms with E-state index < -0.39 is 0 Å². The van der Waals surface area contributed by atoms with E-state index in [-0.39, 0.29) is 5.96 Å². The Morgan fingerprint density at radius 1 is 1.46 bits per heavy atom. The fourth-order valence-electron chi connectivity index (χ4n) is 1.06. The van der Waals surface area contributed by atoms with Gasteiger partial charge in [-0.25, -0.2) is 5.06 Å². The van der Waals surface area contributed by atoms with Crippen molar-refractivity contribution >= 4 is 5.96 Å². The lowest BCUT2D eigenvalue weighted by molar-refractivity contribution is -0.0685. The highest BCUT2D eigenvalue weighted by molar-refractivity contribution is 5.73. The van der Waals surface area contributed by atoms with Crippen LogP contribution in [0.4, 0.5) is 0 Å². The van der Waals surface area contributed by atoms with Crippen LogP contribution in [0.2, 0.25) is 0 Å². The molecule has 0 aliphatic rings. The molecule has 0 fully saturated rings.